The van der Waals surface area contributed by atoms with Gasteiger partial charge in [0.25, 0.3) is 10.0 Å². The summed E-state index contributed by atoms with van der Waals surface area (Å²) in [4.78, 5) is 12.2. The molecule has 41 heavy (non-hydrogen) atoms. The van der Waals surface area contributed by atoms with E-state index in [4.69, 9.17) is 9.47 Å². The number of carbonyl (C=O) groups excluding carboxylic acids is 1. The third-order valence-corrected chi connectivity index (χ3v) is 13.4. The van der Waals surface area contributed by atoms with Crippen molar-refractivity contribution in [2.24, 2.45) is 46.3 Å². The number of fused-ring (bicyclic) bond motifs is 5. The first kappa shape index (κ1) is 30.6. The number of hydrogen-bond donors (Lipinski definition) is 3. The van der Waals surface area contributed by atoms with Gasteiger partial charge >= 0.3 is 6.09 Å². The molecule has 9 heteroatoms. The Labute approximate surface area is 245 Å². The van der Waals surface area contributed by atoms with E-state index in [-0.39, 0.29) is 46.2 Å². The molecule has 1 amide bonds. The molecule has 4 saturated carbocycles. The zero-order valence-electron chi connectivity index (χ0n) is 25.1. The van der Waals surface area contributed by atoms with Gasteiger partial charge in [-0.3, -0.25) is 0 Å². The van der Waals surface area contributed by atoms with Crippen molar-refractivity contribution in [3.05, 3.63) is 24.3 Å². The Morgan fingerprint density at radius 1 is 1.02 bits per heavy atom. The number of aliphatic hydroxyl groups excluding tert-OH is 2. The highest BCUT2D eigenvalue weighted by Gasteiger charge is 2.64. The van der Waals surface area contributed by atoms with E-state index in [2.05, 4.69) is 20.8 Å². The lowest BCUT2D eigenvalue weighted by Crippen LogP contribution is -2.62. The number of para-hydroxylation sites is 1. The van der Waals surface area contributed by atoms with E-state index in [0.29, 0.717) is 36.0 Å². The standard InChI is InChI=1S/C32H49NO7S/c1-5-22-25-19-21(34)14-16-32(25,3)24-15-17-31(2)20(12-13-23(31)28(24)29(22)35)9-8-18-40-30(36)33-41(37,38)27-11-7-6-10-26(27)39-4/h6-7,10-11,20-25,28-29,34-35H,5,8-9,12-19H2,1-4H3,(H,33,36)/t20-,21+,22+,23-,24-,25-,28-,29+,31+,32+/m0/s1. The first-order chi connectivity index (χ1) is 19.5. The highest BCUT2D eigenvalue weighted by Crippen LogP contribution is 2.69. The topological polar surface area (TPSA) is 122 Å². The Bertz CT molecular complexity index is 1210. The summed E-state index contributed by atoms with van der Waals surface area (Å²) in [5, 5.41) is 22.3. The molecule has 0 bridgehead atoms. The monoisotopic (exact) mass is 591 g/mol. The van der Waals surface area contributed by atoms with Crippen LogP contribution >= 0.6 is 0 Å². The van der Waals surface area contributed by atoms with Gasteiger partial charge in [-0.1, -0.05) is 39.3 Å². The van der Waals surface area contributed by atoms with E-state index in [1.54, 1.807) is 12.1 Å². The molecule has 0 saturated heterocycles. The second kappa shape index (κ2) is 11.7. The molecule has 8 nitrogen and oxygen atoms in total. The quantitative estimate of drug-likeness (QED) is 0.341. The average molecular weight is 592 g/mol. The third kappa shape index (κ3) is 5.40. The molecule has 4 aliphatic carbocycles. The maximum absolute atomic E-state index is 12.7. The molecule has 1 aromatic rings. The van der Waals surface area contributed by atoms with E-state index >= 15 is 0 Å². The second-order valence-electron chi connectivity index (χ2n) is 13.7. The van der Waals surface area contributed by atoms with Crippen LogP contribution in [0.3, 0.4) is 0 Å². The van der Waals surface area contributed by atoms with Crippen molar-refractivity contribution in [3.63, 3.8) is 0 Å². The van der Waals surface area contributed by atoms with Gasteiger partial charge in [0.1, 0.15) is 10.6 Å². The predicted octanol–water partition coefficient (Wildman–Crippen LogP) is 5.52. The lowest BCUT2D eigenvalue weighted by molar-refractivity contribution is -0.202. The first-order valence-electron chi connectivity index (χ1n) is 15.6. The van der Waals surface area contributed by atoms with Gasteiger partial charge in [0.2, 0.25) is 0 Å². The number of benzene rings is 1. The minimum Gasteiger partial charge on any atom is -0.495 e. The SMILES string of the molecule is CC[C@H]1[C@@H](O)[C@@H]2[C@H](CC[C@]3(C)[C@@H](CCCOC(=O)NS(=O)(=O)c4ccccc4OC)CC[C@@H]23)[C@@]2(C)CC[C@@H](O)C[C@@H]12. The molecular formula is C32H49NO7S. The molecule has 0 unspecified atom stereocenters. The maximum Gasteiger partial charge on any atom is 0.421 e. The molecule has 3 N–H and O–H groups in total. The van der Waals surface area contributed by atoms with Gasteiger partial charge in [0, 0.05) is 0 Å². The first-order valence-corrected chi connectivity index (χ1v) is 17.1. The Balaban J connectivity index is 1.19. The third-order valence-electron chi connectivity index (χ3n) is 12.1. The second-order valence-corrected chi connectivity index (χ2v) is 15.4. The van der Waals surface area contributed by atoms with Crippen LogP contribution in [0.15, 0.2) is 29.2 Å². The summed E-state index contributed by atoms with van der Waals surface area (Å²) in [6, 6.07) is 6.13. The van der Waals surface area contributed by atoms with E-state index < -0.39 is 16.1 Å². The Morgan fingerprint density at radius 2 is 1.73 bits per heavy atom. The van der Waals surface area contributed by atoms with Crippen molar-refractivity contribution in [3.8, 4) is 5.75 Å². The van der Waals surface area contributed by atoms with Gasteiger partial charge in [-0.05, 0) is 116 Å². The van der Waals surface area contributed by atoms with E-state index in [1.165, 1.54) is 19.2 Å². The molecule has 0 heterocycles. The number of hydrogen-bond acceptors (Lipinski definition) is 7. The number of ether oxygens (including phenoxy) is 2. The Hall–Kier alpha value is -1.84. The van der Waals surface area contributed by atoms with Gasteiger partial charge < -0.3 is 19.7 Å². The molecule has 0 aliphatic heterocycles. The molecule has 10 atom stereocenters. The van der Waals surface area contributed by atoms with Gasteiger partial charge in [0.15, 0.2) is 0 Å². The van der Waals surface area contributed by atoms with Gasteiger partial charge in [-0.15, -0.1) is 0 Å². The van der Waals surface area contributed by atoms with Gasteiger partial charge in [-0.25, -0.2) is 17.9 Å². The number of carbonyl (C=O) groups is 1. The van der Waals surface area contributed by atoms with E-state index in [1.807, 2.05) is 4.72 Å². The van der Waals surface area contributed by atoms with Crippen LogP contribution < -0.4 is 9.46 Å². The molecular weight excluding hydrogens is 542 g/mol. The molecule has 5 rings (SSSR count). The smallest absolute Gasteiger partial charge is 0.421 e. The summed E-state index contributed by atoms with van der Waals surface area (Å²) in [5.41, 5.74) is 0.335. The normalized spacial score (nSPS) is 40.1. The molecule has 0 radical (unpaired) electrons. The lowest BCUT2D eigenvalue weighted by atomic mass is 9.41. The van der Waals surface area contributed by atoms with Crippen molar-refractivity contribution >= 4 is 16.1 Å². The largest absolute Gasteiger partial charge is 0.495 e. The summed E-state index contributed by atoms with van der Waals surface area (Å²) < 4.78 is 37.7. The molecule has 4 fully saturated rings. The van der Waals surface area contributed by atoms with Crippen LogP contribution in [-0.4, -0.2) is 50.6 Å². The number of amides is 1. The van der Waals surface area contributed by atoms with Gasteiger partial charge in [0.05, 0.1) is 25.9 Å². The number of rotatable bonds is 8. The highest BCUT2D eigenvalue weighted by molar-refractivity contribution is 7.90. The fourth-order valence-corrected chi connectivity index (χ4v) is 11.1. The van der Waals surface area contributed by atoms with Crippen LogP contribution in [-0.2, 0) is 14.8 Å². The molecule has 230 valence electrons. The van der Waals surface area contributed by atoms with Crippen molar-refractivity contribution < 1.29 is 32.9 Å². The van der Waals surface area contributed by atoms with Crippen LogP contribution in [0.5, 0.6) is 5.75 Å². The summed E-state index contributed by atoms with van der Waals surface area (Å²) in [5.74, 6) is 2.58. The zero-order chi connectivity index (χ0) is 29.6. The van der Waals surface area contributed by atoms with Crippen molar-refractivity contribution in [1.29, 1.82) is 0 Å². The fraction of sp³-hybridized carbons (Fsp3) is 0.781. The summed E-state index contributed by atoms with van der Waals surface area (Å²) in [7, 11) is -2.73. The number of aliphatic hydroxyl groups is 2. The van der Waals surface area contributed by atoms with Crippen molar-refractivity contribution in [1.82, 2.24) is 4.72 Å². The summed E-state index contributed by atoms with van der Waals surface area (Å²) in [6.07, 6.45) is 8.28. The minimum atomic E-state index is -4.11. The number of methoxy groups -OCH3 is 1. The average Bonchev–Trinajstić information content (AvgIpc) is 3.28. The molecule has 4 aliphatic rings. The molecule has 0 aromatic heterocycles. The Morgan fingerprint density at radius 3 is 2.46 bits per heavy atom. The van der Waals surface area contributed by atoms with Crippen LogP contribution in [0.25, 0.3) is 0 Å². The van der Waals surface area contributed by atoms with Crippen LogP contribution in [0, 0.1) is 46.3 Å². The minimum absolute atomic E-state index is 0.111. The molecule has 0 spiro atoms. The van der Waals surface area contributed by atoms with Crippen LogP contribution in [0.2, 0.25) is 0 Å². The van der Waals surface area contributed by atoms with Crippen LogP contribution in [0.4, 0.5) is 4.79 Å². The number of sulfonamides is 1. The lowest BCUT2D eigenvalue weighted by Gasteiger charge is -2.64. The van der Waals surface area contributed by atoms with Crippen molar-refractivity contribution in [2.75, 3.05) is 13.7 Å². The van der Waals surface area contributed by atoms with E-state index in [9.17, 15) is 23.4 Å². The fourth-order valence-electron chi connectivity index (χ4n) is 10.1. The molecule has 1 aromatic carbocycles. The summed E-state index contributed by atoms with van der Waals surface area (Å²) in [6.45, 7) is 7.24. The predicted molar refractivity (Wildman–Crippen MR) is 156 cm³/mol. The van der Waals surface area contributed by atoms with E-state index in [0.717, 1.165) is 57.8 Å². The van der Waals surface area contributed by atoms with Gasteiger partial charge in [-0.2, -0.15) is 0 Å². The summed E-state index contributed by atoms with van der Waals surface area (Å²) >= 11 is 0. The maximum atomic E-state index is 12.7. The highest BCUT2D eigenvalue weighted by atomic mass is 32.2. The van der Waals surface area contributed by atoms with Crippen molar-refractivity contribution in [2.45, 2.75) is 102 Å². The zero-order valence-corrected chi connectivity index (χ0v) is 25.9. The Kier molecular flexibility index (Phi) is 8.72. The number of nitrogens with one attached hydrogen (secondary N) is 1. The van der Waals surface area contributed by atoms with Crippen LogP contribution in [0.1, 0.15) is 85.0 Å².